The maximum atomic E-state index is 3.61. The van der Waals surface area contributed by atoms with E-state index in [0.717, 1.165) is 24.0 Å². The molecule has 0 spiro atoms. The van der Waals surface area contributed by atoms with Gasteiger partial charge in [-0.05, 0) is 39.8 Å². The predicted octanol–water partition coefficient (Wildman–Crippen LogP) is 1.01. The van der Waals surface area contributed by atoms with Gasteiger partial charge in [-0.2, -0.15) is 0 Å². The summed E-state index contributed by atoms with van der Waals surface area (Å²) in [5, 5.41) is 3.61. The monoisotopic (exact) mass is 225 g/mol. The Morgan fingerprint density at radius 1 is 1.12 bits per heavy atom. The molecule has 0 aliphatic carbocycles. The van der Waals surface area contributed by atoms with Crippen LogP contribution in [0.5, 0.6) is 0 Å². The zero-order chi connectivity index (χ0) is 11.7. The molecule has 2 saturated heterocycles. The Balaban J connectivity index is 1.88. The van der Waals surface area contributed by atoms with Gasteiger partial charge < -0.3 is 10.2 Å². The largest absolute Gasteiger partial charge is 0.313 e. The Bertz CT molecular complexity index is 221. The van der Waals surface area contributed by atoms with E-state index in [4.69, 9.17) is 0 Å². The molecule has 2 rings (SSSR count). The summed E-state index contributed by atoms with van der Waals surface area (Å²) in [7, 11) is 4.43. The first-order valence-corrected chi connectivity index (χ1v) is 6.71. The average Bonchev–Trinajstić information content (AvgIpc) is 2.61. The number of hydrogen-bond donors (Lipinski definition) is 1. The van der Waals surface area contributed by atoms with Crippen LogP contribution in [0, 0.1) is 5.92 Å². The molecular weight excluding hydrogens is 198 g/mol. The van der Waals surface area contributed by atoms with E-state index in [1.54, 1.807) is 0 Å². The Hall–Kier alpha value is -0.120. The smallest absolute Gasteiger partial charge is 0.0254 e. The summed E-state index contributed by atoms with van der Waals surface area (Å²) in [6.07, 6.45) is 2.71. The highest BCUT2D eigenvalue weighted by Gasteiger charge is 2.35. The minimum absolute atomic E-state index is 0.723. The van der Waals surface area contributed by atoms with Crippen molar-refractivity contribution in [1.82, 2.24) is 15.1 Å². The maximum absolute atomic E-state index is 3.61. The van der Waals surface area contributed by atoms with Crippen LogP contribution in [0.1, 0.15) is 26.7 Å². The van der Waals surface area contributed by atoms with Gasteiger partial charge >= 0.3 is 0 Å². The number of nitrogens with zero attached hydrogens (tertiary/aromatic N) is 2. The van der Waals surface area contributed by atoms with Gasteiger partial charge in [-0.1, -0.05) is 6.92 Å². The van der Waals surface area contributed by atoms with Crippen LogP contribution in [0.25, 0.3) is 0 Å². The van der Waals surface area contributed by atoms with E-state index in [0.29, 0.717) is 0 Å². The second kappa shape index (κ2) is 5.03. The number of piperidine rings is 1. The van der Waals surface area contributed by atoms with Gasteiger partial charge in [-0.25, -0.2) is 0 Å². The molecule has 16 heavy (non-hydrogen) atoms. The normalized spacial score (nSPS) is 41.8. The van der Waals surface area contributed by atoms with E-state index in [9.17, 15) is 0 Å². The van der Waals surface area contributed by atoms with Crippen molar-refractivity contribution >= 4 is 0 Å². The minimum Gasteiger partial charge on any atom is -0.313 e. The van der Waals surface area contributed by atoms with Crippen LogP contribution in [0.3, 0.4) is 0 Å². The first kappa shape index (κ1) is 12.3. The Kier molecular flexibility index (Phi) is 3.88. The lowest BCUT2D eigenvalue weighted by Crippen LogP contribution is -2.48. The topological polar surface area (TPSA) is 18.5 Å². The quantitative estimate of drug-likeness (QED) is 0.757. The Labute approximate surface area is 100 Å². The van der Waals surface area contributed by atoms with Crippen molar-refractivity contribution in [3.8, 4) is 0 Å². The molecule has 4 atom stereocenters. The molecule has 0 bridgehead atoms. The molecule has 0 radical (unpaired) electrons. The fraction of sp³-hybridized carbons (Fsp3) is 1.00. The summed E-state index contributed by atoms with van der Waals surface area (Å²) in [6, 6.07) is 2.25. The van der Waals surface area contributed by atoms with E-state index in [2.05, 4.69) is 43.1 Å². The lowest BCUT2D eigenvalue weighted by Gasteiger charge is -2.34. The van der Waals surface area contributed by atoms with Crippen molar-refractivity contribution in [2.45, 2.75) is 44.8 Å². The molecule has 0 saturated carbocycles. The average molecular weight is 225 g/mol. The number of likely N-dealkylation sites (tertiary alicyclic amines) is 1. The molecule has 2 fully saturated rings. The van der Waals surface area contributed by atoms with Crippen molar-refractivity contribution < 1.29 is 0 Å². The van der Waals surface area contributed by atoms with Crippen LogP contribution in [0.4, 0.5) is 0 Å². The zero-order valence-corrected chi connectivity index (χ0v) is 11.2. The fourth-order valence-electron chi connectivity index (χ4n) is 3.25. The Morgan fingerprint density at radius 3 is 2.38 bits per heavy atom. The molecule has 4 unspecified atom stereocenters. The summed E-state index contributed by atoms with van der Waals surface area (Å²) in [4.78, 5) is 5.10. The van der Waals surface area contributed by atoms with Crippen molar-refractivity contribution in [2.24, 2.45) is 5.92 Å². The molecule has 0 aromatic carbocycles. The van der Waals surface area contributed by atoms with Gasteiger partial charge in [-0.15, -0.1) is 0 Å². The molecule has 3 heteroatoms. The van der Waals surface area contributed by atoms with Crippen molar-refractivity contribution in [3.05, 3.63) is 0 Å². The van der Waals surface area contributed by atoms with Gasteiger partial charge in [0.05, 0.1) is 0 Å². The van der Waals surface area contributed by atoms with Gasteiger partial charge in [0, 0.05) is 37.8 Å². The molecule has 0 aromatic rings. The van der Waals surface area contributed by atoms with Crippen molar-refractivity contribution in [2.75, 3.05) is 33.7 Å². The summed E-state index contributed by atoms with van der Waals surface area (Å²) in [5.74, 6) is 0.814. The van der Waals surface area contributed by atoms with Crippen LogP contribution in [-0.4, -0.2) is 61.7 Å². The molecule has 2 aliphatic heterocycles. The first-order chi connectivity index (χ1) is 7.58. The highest BCUT2D eigenvalue weighted by atomic mass is 15.3. The van der Waals surface area contributed by atoms with Gasteiger partial charge in [0.25, 0.3) is 0 Å². The zero-order valence-electron chi connectivity index (χ0n) is 11.2. The van der Waals surface area contributed by atoms with Gasteiger partial charge in [0.2, 0.25) is 0 Å². The highest BCUT2D eigenvalue weighted by molar-refractivity contribution is 4.92. The minimum atomic E-state index is 0.723. The standard InChI is InChI=1S/C13H27N3/c1-10-8-16(9-13(10)15(3)4)12-6-5-11(2)14-7-12/h10-14H,5-9H2,1-4H3. The van der Waals surface area contributed by atoms with Crippen molar-refractivity contribution in [3.63, 3.8) is 0 Å². The third-order valence-corrected chi connectivity index (χ3v) is 4.42. The molecule has 0 amide bonds. The fourth-order valence-corrected chi connectivity index (χ4v) is 3.25. The van der Waals surface area contributed by atoms with E-state index in [1.165, 1.54) is 32.5 Å². The number of rotatable bonds is 2. The highest BCUT2D eigenvalue weighted by Crippen LogP contribution is 2.25. The van der Waals surface area contributed by atoms with E-state index in [-0.39, 0.29) is 0 Å². The first-order valence-electron chi connectivity index (χ1n) is 6.71. The van der Waals surface area contributed by atoms with Crippen LogP contribution in [-0.2, 0) is 0 Å². The molecule has 2 heterocycles. The molecule has 2 aliphatic rings. The predicted molar refractivity (Wildman–Crippen MR) is 68.7 cm³/mol. The second-order valence-electron chi connectivity index (χ2n) is 6.00. The van der Waals surface area contributed by atoms with E-state index < -0.39 is 0 Å². The summed E-state index contributed by atoms with van der Waals surface area (Å²) < 4.78 is 0. The van der Waals surface area contributed by atoms with E-state index >= 15 is 0 Å². The molecule has 94 valence electrons. The summed E-state index contributed by atoms with van der Waals surface area (Å²) in [5.41, 5.74) is 0. The van der Waals surface area contributed by atoms with Crippen LogP contribution in [0.15, 0.2) is 0 Å². The van der Waals surface area contributed by atoms with Gasteiger partial charge in [0.15, 0.2) is 0 Å². The summed E-state index contributed by atoms with van der Waals surface area (Å²) >= 11 is 0. The van der Waals surface area contributed by atoms with Crippen LogP contribution in [0.2, 0.25) is 0 Å². The lowest BCUT2D eigenvalue weighted by atomic mass is 10.0. The molecule has 0 aromatic heterocycles. The SMILES string of the molecule is CC1CCC(N2CC(C)C(N(C)C)C2)CN1. The van der Waals surface area contributed by atoms with Crippen LogP contribution >= 0.6 is 0 Å². The Morgan fingerprint density at radius 2 is 1.88 bits per heavy atom. The van der Waals surface area contributed by atoms with Crippen molar-refractivity contribution in [1.29, 1.82) is 0 Å². The number of hydrogen-bond acceptors (Lipinski definition) is 3. The molecule has 1 N–H and O–H groups in total. The maximum Gasteiger partial charge on any atom is 0.0254 e. The third-order valence-electron chi connectivity index (χ3n) is 4.42. The van der Waals surface area contributed by atoms with Gasteiger partial charge in [-0.3, -0.25) is 4.90 Å². The number of likely N-dealkylation sites (N-methyl/N-ethyl adjacent to an activating group) is 1. The molecule has 3 nitrogen and oxygen atoms in total. The lowest BCUT2D eigenvalue weighted by molar-refractivity contribution is 0.173. The van der Waals surface area contributed by atoms with E-state index in [1.807, 2.05) is 0 Å². The summed E-state index contributed by atoms with van der Waals surface area (Å²) in [6.45, 7) is 8.42. The van der Waals surface area contributed by atoms with Gasteiger partial charge in [0.1, 0.15) is 0 Å². The second-order valence-corrected chi connectivity index (χ2v) is 6.00. The molecular formula is C13H27N3. The number of nitrogens with one attached hydrogen (secondary N) is 1. The third kappa shape index (κ3) is 2.58. The van der Waals surface area contributed by atoms with Crippen LogP contribution < -0.4 is 5.32 Å².